The fourth-order valence-electron chi connectivity index (χ4n) is 3.65. The molecule has 0 radical (unpaired) electrons. The van der Waals surface area contributed by atoms with Crippen LogP contribution >= 0.6 is 0 Å². The number of carbonyl (C=O) groups excluding carboxylic acids is 2. The quantitative estimate of drug-likeness (QED) is 0.288. The largest absolute Gasteiger partial charge is 0.347 e. The van der Waals surface area contributed by atoms with Gasteiger partial charge < -0.3 is 20.9 Å². The first kappa shape index (κ1) is 24.0. The number of carbonyl (C=O) groups is 2. The third-order valence-corrected chi connectivity index (χ3v) is 5.21. The van der Waals surface area contributed by atoms with Gasteiger partial charge >= 0.3 is 0 Å². The second-order valence-corrected chi connectivity index (χ2v) is 7.38. The molecule has 0 spiro atoms. The van der Waals surface area contributed by atoms with Crippen LogP contribution in [0.1, 0.15) is 40.3 Å². The maximum absolute atomic E-state index is 12.9. The summed E-state index contributed by atoms with van der Waals surface area (Å²) in [6.07, 6.45) is 2.49. The van der Waals surface area contributed by atoms with E-state index in [1.807, 2.05) is 19.9 Å². The van der Waals surface area contributed by atoms with Gasteiger partial charge in [0.05, 0.1) is 34.3 Å². The van der Waals surface area contributed by atoms with Crippen LogP contribution < -0.4 is 21.3 Å². The molecule has 2 aromatic carbocycles. The van der Waals surface area contributed by atoms with Crippen LogP contribution in [0.2, 0.25) is 0 Å². The van der Waals surface area contributed by atoms with Crippen molar-refractivity contribution in [2.24, 2.45) is 0 Å². The number of benzene rings is 2. The number of para-hydroxylation sites is 1. The zero-order chi connectivity index (χ0) is 25.5. The van der Waals surface area contributed by atoms with Gasteiger partial charge in [0, 0.05) is 18.0 Å². The number of H-pyrrole nitrogens is 1. The SMILES string of the molecule is CC.N#Cc1ccccc1-c1cccc(C(=O)NC2Nc3cccc(C(=O)Nc4ncc[nH]4)c3N2)n1. The Hall–Kier alpha value is -5.17. The lowest BCUT2D eigenvalue weighted by molar-refractivity contribution is 0.0940. The second kappa shape index (κ2) is 10.8. The summed E-state index contributed by atoms with van der Waals surface area (Å²) < 4.78 is 0. The first-order valence-electron chi connectivity index (χ1n) is 11.4. The lowest BCUT2D eigenvalue weighted by Crippen LogP contribution is -2.43. The second-order valence-electron chi connectivity index (χ2n) is 7.38. The van der Waals surface area contributed by atoms with Crippen molar-refractivity contribution in [3.63, 3.8) is 0 Å². The third kappa shape index (κ3) is 5.00. The lowest BCUT2D eigenvalue weighted by Gasteiger charge is -2.15. The van der Waals surface area contributed by atoms with E-state index in [-0.39, 0.29) is 11.6 Å². The molecule has 36 heavy (non-hydrogen) atoms. The molecule has 0 fully saturated rings. The fraction of sp³-hybridized carbons (Fsp3) is 0.115. The van der Waals surface area contributed by atoms with Crippen molar-refractivity contribution < 1.29 is 9.59 Å². The Morgan fingerprint density at radius 1 is 0.972 bits per heavy atom. The molecular weight excluding hydrogens is 456 g/mol. The van der Waals surface area contributed by atoms with Gasteiger partial charge in [-0.1, -0.05) is 44.2 Å². The number of hydrogen-bond acceptors (Lipinski definition) is 7. The van der Waals surface area contributed by atoms with E-state index in [4.69, 9.17) is 0 Å². The summed E-state index contributed by atoms with van der Waals surface area (Å²) in [6.45, 7) is 4.00. The molecule has 0 saturated heterocycles. The molecule has 10 nitrogen and oxygen atoms in total. The summed E-state index contributed by atoms with van der Waals surface area (Å²) in [5, 5.41) is 21.1. The van der Waals surface area contributed by atoms with Crippen molar-refractivity contribution in [1.29, 1.82) is 5.26 Å². The minimum atomic E-state index is -0.656. The highest BCUT2D eigenvalue weighted by molar-refractivity contribution is 6.10. The van der Waals surface area contributed by atoms with Gasteiger partial charge in [0.25, 0.3) is 11.8 Å². The highest BCUT2D eigenvalue weighted by atomic mass is 16.2. The molecule has 1 atom stereocenters. The summed E-state index contributed by atoms with van der Waals surface area (Å²) in [5.41, 5.74) is 3.46. The number of rotatable bonds is 5. The number of aromatic amines is 1. The Labute approximate surface area is 207 Å². The van der Waals surface area contributed by atoms with Crippen LogP contribution in [-0.2, 0) is 0 Å². The molecule has 0 saturated carbocycles. The van der Waals surface area contributed by atoms with Gasteiger partial charge in [-0.2, -0.15) is 5.26 Å². The van der Waals surface area contributed by atoms with Gasteiger partial charge in [-0.05, 0) is 30.3 Å². The van der Waals surface area contributed by atoms with Gasteiger partial charge in [0.2, 0.25) is 5.95 Å². The summed E-state index contributed by atoms with van der Waals surface area (Å²) in [7, 11) is 0. The molecular formula is C26H24N8O2. The highest BCUT2D eigenvalue weighted by Crippen LogP contribution is 2.32. The molecule has 1 unspecified atom stereocenters. The molecule has 5 N–H and O–H groups in total. The van der Waals surface area contributed by atoms with Crippen molar-refractivity contribution in [3.8, 4) is 17.3 Å². The predicted molar refractivity (Wildman–Crippen MR) is 137 cm³/mol. The number of imidazole rings is 1. The normalized spacial score (nSPS) is 13.1. The van der Waals surface area contributed by atoms with Crippen molar-refractivity contribution in [1.82, 2.24) is 20.3 Å². The Kier molecular flexibility index (Phi) is 7.22. The third-order valence-electron chi connectivity index (χ3n) is 5.21. The highest BCUT2D eigenvalue weighted by Gasteiger charge is 2.26. The Bertz CT molecular complexity index is 1430. The number of nitrogens with one attached hydrogen (secondary N) is 5. The first-order chi connectivity index (χ1) is 17.6. The van der Waals surface area contributed by atoms with Crippen LogP contribution in [0.3, 0.4) is 0 Å². The molecule has 180 valence electrons. The molecule has 1 aliphatic rings. The van der Waals surface area contributed by atoms with Gasteiger partial charge in [-0.25, -0.2) is 9.97 Å². The number of nitrogens with zero attached hydrogens (tertiary/aromatic N) is 3. The van der Waals surface area contributed by atoms with Crippen molar-refractivity contribution in [2.45, 2.75) is 20.1 Å². The number of amides is 2. The van der Waals surface area contributed by atoms with Crippen LogP contribution in [0, 0.1) is 11.3 Å². The first-order valence-corrected chi connectivity index (χ1v) is 11.4. The molecule has 1 aliphatic heterocycles. The van der Waals surface area contributed by atoms with E-state index in [0.29, 0.717) is 39.7 Å². The molecule has 4 aromatic rings. The number of pyridine rings is 1. The fourth-order valence-corrected chi connectivity index (χ4v) is 3.65. The van der Waals surface area contributed by atoms with E-state index in [0.717, 1.165) is 0 Å². The Morgan fingerprint density at radius 3 is 2.56 bits per heavy atom. The van der Waals surface area contributed by atoms with Gasteiger partial charge in [0.15, 0.2) is 6.29 Å². The average Bonchev–Trinajstić information content (AvgIpc) is 3.59. The monoisotopic (exact) mass is 480 g/mol. The van der Waals surface area contributed by atoms with Gasteiger partial charge in [-0.15, -0.1) is 0 Å². The maximum atomic E-state index is 12.9. The van der Waals surface area contributed by atoms with E-state index >= 15 is 0 Å². The number of nitriles is 1. The minimum Gasteiger partial charge on any atom is -0.347 e. The van der Waals surface area contributed by atoms with E-state index in [1.54, 1.807) is 67.0 Å². The molecule has 0 bridgehead atoms. The number of hydrogen-bond donors (Lipinski definition) is 5. The summed E-state index contributed by atoms with van der Waals surface area (Å²) >= 11 is 0. The van der Waals surface area contributed by atoms with Gasteiger partial charge in [-0.3, -0.25) is 14.9 Å². The standard InChI is InChI=1S/C24H18N8O2.C2H6/c25-13-14-5-1-2-6-15(14)17-8-4-10-19(28-17)22(34)32-24-29-18-9-3-7-16(20(18)30-24)21(33)31-23-26-11-12-27-23;1-2/h1-12,24,29-30H,(H,32,34)(H2,26,27,31,33);1-2H3. The van der Waals surface area contributed by atoms with E-state index in [2.05, 4.69) is 42.3 Å². The Morgan fingerprint density at radius 2 is 1.78 bits per heavy atom. The minimum absolute atomic E-state index is 0.195. The van der Waals surface area contributed by atoms with Crippen LogP contribution in [0.4, 0.5) is 17.3 Å². The predicted octanol–water partition coefficient (Wildman–Crippen LogP) is 4.17. The van der Waals surface area contributed by atoms with E-state index < -0.39 is 12.2 Å². The van der Waals surface area contributed by atoms with Crippen molar-refractivity contribution in [2.75, 3.05) is 16.0 Å². The van der Waals surface area contributed by atoms with Crippen LogP contribution in [0.15, 0.2) is 73.1 Å². The van der Waals surface area contributed by atoms with Crippen LogP contribution in [-0.4, -0.2) is 33.1 Å². The Balaban J connectivity index is 0.00000148. The zero-order valence-electron chi connectivity index (χ0n) is 19.7. The maximum Gasteiger partial charge on any atom is 0.272 e. The summed E-state index contributed by atoms with van der Waals surface area (Å²) in [5.74, 6) is -0.434. The summed E-state index contributed by atoms with van der Waals surface area (Å²) in [4.78, 5) is 36.9. The van der Waals surface area contributed by atoms with Crippen LogP contribution in [0.5, 0.6) is 0 Å². The lowest BCUT2D eigenvalue weighted by atomic mass is 10.0. The van der Waals surface area contributed by atoms with Crippen LogP contribution in [0.25, 0.3) is 11.3 Å². The molecule has 2 aromatic heterocycles. The summed E-state index contributed by atoms with van der Waals surface area (Å²) in [6, 6.07) is 19.5. The topological polar surface area (TPSA) is 148 Å². The molecule has 2 amide bonds. The number of anilines is 3. The van der Waals surface area contributed by atoms with E-state index in [9.17, 15) is 14.9 Å². The molecule has 3 heterocycles. The van der Waals surface area contributed by atoms with Crippen molar-refractivity contribution >= 4 is 29.1 Å². The molecule has 0 aliphatic carbocycles. The molecule has 10 heteroatoms. The molecule has 5 rings (SSSR count). The van der Waals surface area contributed by atoms with Gasteiger partial charge in [0.1, 0.15) is 5.69 Å². The average molecular weight is 481 g/mol. The number of aromatic nitrogens is 3. The van der Waals surface area contributed by atoms with Crippen molar-refractivity contribution in [3.05, 3.63) is 89.9 Å². The smallest absolute Gasteiger partial charge is 0.272 e. The van der Waals surface area contributed by atoms with E-state index in [1.165, 1.54) is 0 Å². The number of fused-ring (bicyclic) bond motifs is 1. The zero-order valence-corrected chi connectivity index (χ0v) is 19.7.